The highest BCUT2D eigenvalue weighted by molar-refractivity contribution is 5.72. The van der Waals surface area contributed by atoms with Crippen molar-refractivity contribution in [3.8, 4) is 0 Å². The third kappa shape index (κ3) is 6.51. The summed E-state index contributed by atoms with van der Waals surface area (Å²) in [5, 5.41) is 0. The van der Waals surface area contributed by atoms with E-state index in [-0.39, 0.29) is 13.1 Å². The van der Waals surface area contributed by atoms with Gasteiger partial charge in [0.1, 0.15) is 17.0 Å². The molecule has 7 heteroatoms. The van der Waals surface area contributed by atoms with E-state index in [0.717, 1.165) is 0 Å². The quantitative estimate of drug-likeness (QED) is 0.766. The van der Waals surface area contributed by atoms with E-state index >= 15 is 0 Å². The molecule has 7 nitrogen and oxygen atoms in total. The van der Waals surface area contributed by atoms with Crippen molar-refractivity contribution in [2.75, 3.05) is 0 Å². The average Bonchev–Trinajstić information content (AvgIpc) is 3.14. The molecule has 2 rings (SSSR count). The van der Waals surface area contributed by atoms with Crippen molar-refractivity contribution in [1.29, 1.82) is 0 Å². The van der Waals surface area contributed by atoms with Gasteiger partial charge in [0.05, 0.1) is 19.4 Å². The van der Waals surface area contributed by atoms with Crippen LogP contribution in [0.3, 0.4) is 0 Å². The summed E-state index contributed by atoms with van der Waals surface area (Å²) in [7, 11) is 0. The first-order valence-corrected chi connectivity index (χ1v) is 8.84. The smallest absolute Gasteiger partial charge is 0.418 e. The summed E-state index contributed by atoms with van der Waals surface area (Å²) in [5.41, 5.74) is -0.634. The zero-order valence-electron chi connectivity index (χ0n) is 16.8. The molecule has 0 aliphatic carbocycles. The highest BCUT2D eigenvalue weighted by atomic mass is 16.6. The molecule has 0 saturated carbocycles. The minimum absolute atomic E-state index is 0.169. The van der Waals surface area contributed by atoms with Gasteiger partial charge in [0, 0.05) is 11.9 Å². The van der Waals surface area contributed by atoms with Crippen LogP contribution in [-0.2, 0) is 22.6 Å². The van der Waals surface area contributed by atoms with E-state index in [1.54, 1.807) is 78.3 Å². The Morgan fingerprint density at radius 1 is 1.00 bits per heavy atom. The van der Waals surface area contributed by atoms with Gasteiger partial charge in [-0.25, -0.2) is 9.59 Å². The number of aromatic nitrogens is 1. The molecule has 0 aliphatic heterocycles. The first-order valence-electron chi connectivity index (χ1n) is 8.84. The van der Waals surface area contributed by atoms with Crippen molar-refractivity contribution in [2.24, 2.45) is 0 Å². The predicted octanol–water partition coefficient (Wildman–Crippen LogP) is 4.80. The second-order valence-electron chi connectivity index (χ2n) is 8.27. The van der Waals surface area contributed by atoms with Crippen molar-refractivity contribution < 1.29 is 23.5 Å². The maximum atomic E-state index is 12.7. The van der Waals surface area contributed by atoms with E-state index in [1.807, 2.05) is 0 Å². The summed E-state index contributed by atoms with van der Waals surface area (Å²) < 4.78 is 17.7. The number of nitrogens with zero attached hydrogens (tertiary/aromatic N) is 2. The fraction of sp³-hybridized carbons (Fsp3) is 0.500. The van der Waals surface area contributed by atoms with Gasteiger partial charge in [-0.2, -0.15) is 0 Å². The largest absolute Gasteiger partial charge is 0.467 e. The summed E-state index contributed by atoms with van der Waals surface area (Å²) in [6.45, 7) is 11.2. The van der Waals surface area contributed by atoms with Crippen molar-refractivity contribution in [3.05, 3.63) is 48.2 Å². The molecule has 0 N–H and O–H groups in total. The number of hydrogen-bond donors (Lipinski definition) is 0. The van der Waals surface area contributed by atoms with Crippen molar-refractivity contribution >= 4 is 12.2 Å². The molecule has 0 atom stereocenters. The van der Waals surface area contributed by atoms with Crippen LogP contribution in [0.4, 0.5) is 9.59 Å². The molecule has 0 aliphatic rings. The Morgan fingerprint density at radius 3 is 2.22 bits per heavy atom. The van der Waals surface area contributed by atoms with Crippen LogP contribution in [0.25, 0.3) is 0 Å². The third-order valence-corrected chi connectivity index (χ3v) is 3.35. The average molecular weight is 376 g/mol. The lowest BCUT2D eigenvalue weighted by atomic mass is 10.2. The Kier molecular flexibility index (Phi) is 6.03. The third-order valence-electron chi connectivity index (χ3n) is 3.35. The molecule has 2 aromatic heterocycles. The van der Waals surface area contributed by atoms with Crippen LogP contribution in [0.2, 0.25) is 0 Å². The van der Waals surface area contributed by atoms with E-state index in [9.17, 15) is 9.59 Å². The maximum Gasteiger partial charge on any atom is 0.418 e. The van der Waals surface area contributed by atoms with Crippen LogP contribution >= 0.6 is 0 Å². The minimum atomic E-state index is -0.633. The Hall–Kier alpha value is -2.70. The predicted molar refractivity (Wildman–Crippen MR) is 100 cm³/mol. The summed E-state index contributed by atoms with van der Waals surface area (Å²) in [4.78, 5) is 26.6. The molecule has 0 radical (unpaired) electrons. The molecule has 0 aromatic carbocycles. The molecule has 0 saturated heterocycles. The van der Waals surface area contributed by atoms with Gasteiger partial charge in [-0.05, 0) is 65.8 Å². The van der Waals surface area contributed by atoms with E-state index in [0.29, 0.717) is 11.5 Å². The molecular weight excluding hydrogens is 348 g/mol. The van der Waals surface area contributed by atoms with Gasteiger partial charge in [0.15, 0.2) is 0 Å². The Labute approximate surface area is 159 Å². The first kappa shape index (κ1) is 20.6. The number of rotatable bonds is 4. The molecule has 0 spiro atoms. The van der Waals surface area contributed by atoms with Gasteiger partial charge in [-0.15, -0.1) is 0 Å². The SMILES string of the molecule is CC(C)(C)OC(=O)N(Cc1ccco1)Cc1cccn1C(=O)OC(C)(C)C. The number of carbonyl (C=O) groups excluding carboxylic acids is 2. The number of carbonyl (C=O) groups is 2. The molecule has 1 amide bonds. The van der Waals surface area contributed by atoms with E-state index in [4.69, 9.17) is 13.9 Å². The molecular formula is C20H28N2O5. The number of hydrogen-bond acceptors (Lipinski definition) is 5. The van der Waals surface area contributed by atoms with Crippen molar-refractivity contribution in [2.45, 2.75) is 65.8 Å². The number of amides is 1. The topological polar surface area (TPSA) is 73.9 Å². The second-order valence-corrected chi connectivity index (χ2v) is 8.27. The molecule has 148 valence electrons. The molecule has 0 fully saturated rings. The van der Waals surface area contributed by atoms with Gasteiger partial charge < -0.3 is 13.9 Å². The van der Waals surface area contributed by atoms with Gasteiger partial charge in [-0.3, -0.25) is 9.47 Å². The molecule has 2 aromatic rings. The van der Waals surface area contributed by atoms with Crippen LogP contribution in [-0.4, -0.2) is 32.9 Å². The standard InChI is InChI=1S/C20H28N2O5/c1-19(2,3)26-17(23)21(14-16-10-8-12-25-16)13-15-9-7-11-22(15)18(24)27-20(4,5)6/h7-12H,13-14H2,1-6H3. The molecule has 2 heterocycles. The summed E-state index contributed by atoms with van der Waals surface area (Å²) in [6.07, 6.45) is 2.18. The second kappa shape index (κ2) is 7.90. The zero-order chi connectivity index (χ0) is 20.2. The van der Waals surface area contributed by atoms with Crippen molar-refractivity contribution in [1.82, 2.24) is 9.47 Å². The number of ether oxygens (including phenoxy) is 2. The lowest BCUT2D eigenvalue weighted by Crippen LogP contribution is -2.37. The maximum absolute atomic E-state index is 12.7. The van der Waals surface area contributed by atoms with Crippen LogP contribution in [0.5, 0.6) is 0 Å². The Morgan fingerprint density at radius 2 is 1.67 bits per heavy atom. The van der Waals surface area contributed by atoms with Crippen LogP contribution in [0.1, 0.15) is 53.0 Å². The monoisotopic (exact) mass is 376 g/mol. The first-order chi connectivity index (χ1) is 12.4. The van der Waals surface area contributed by atoms with E-state index < -0.39 is 23.4 Å². The number of furan rings is 1. The van der Waals surface area contributed by atoms with Crippen LogP contribution in [0.15, 0.2) is 41.1 Å². The van der Waals surface area contributed by atoms with Crippen LogP contribution < -0.4 is 0 Å². The van der Waals surface area contributed by atoms with Gasteiger partial charge in [0.25, 0.3) is 0 Å². The van der Waals surface area contributed by atoms with Gasteiger partial charge >= 0.3 is 12.2 Å². The van der Waals surface area contributed by atoms with Gasteiger partial charge in [-0.1, -0.05) is 0 Å². The summed E-state index contributed by atoms with van der Waals surface area (Å²) in [6, 6.07) is 7.04. The minimum Gasteiger partial charge on any atom is -0.467 e. The van der Waals surface area contributed by atoms with E-state index in [2.05, 4.69) is 0 Å². The lowest BCUT2D eigenvalue weighted by molar-refractivity contribution is 0.0193. The summed E-state index contributed by atoms with van der Waals surface area (Å²) >= 11 is 0. The van der Waals surface area contributed by atoms with Gasteiger partial charge in [0.2, 0.25) is 0 Å². The fourth-order valence-electron chi connectivity index (χ4n) is 2.33. The molecule has 27 heavy (non-hydrogen) atoms. The zero-order valence-corrected chi connectivity index (χ0v) is 16.8. The normalized spacial score (nSPS) is 11.9. The highest BCUT2D eigenvalue weighted by Crippen LogP contribution is 2.18. The Balaban J connectivity index is 2.21. The molecule has 0 unspecified atom stereocenters. The van der Waals surface area contributed by atoms with E-state index in [1.165, 1.54) is 9.47 Å². The lowest BCUT2D eigenvalue weighted by Gasteiger charge is -2.27. The fourth-order valence-corrected chi connectivity index (χ4v) is 2.33. The van der Waals surface area contributed by atoms with Crippen LogP contribution in [0, 0.1) is 0 Å². The molecule has 0 bridgehead atoms. The Bertz CT molecular complexity index is 763. The summed E-state index contributed by atoms with van der Waals surface area (Å²) in [5.74, 6) is 0.622. The highest BCUT2D eigenvalue weighted by Gasteiger charge is 2.26. The van der Waals surface area contributed by atoms with Crippen molar-refractivity contribution in [3.63, 3.8) is 0 Å².